The number of carbonyl (C=O) groups excluding carboxylic acids is 1. The summed E-state index contributed by atoms with van der Waals surface area (Å²) >= 11 is 0. The van der Waals surface area contributed by atoms with Gasteiger partial charge in [-0.05, 0) is 55.3 Å². The number of ketones is 1. The smallest absolute Gasteiger partial charge is 0.136 e. The van der Waals surface area contributed by atoms with Crippen LogP contribution in [-0.2, 0) is 9.53 Å². The number of hydrogen-bond donors (Lipinski definition) is 0. The van der Waals surface area contributed by atoms with Crippen molar-refractivity contribution in [3.05, 3.63) is 0 Å². The van der Waals surface area contributed by atoms with E-state index in [0.717, 1.165) is 38.2 Å². The predicted octanol–water partition coefficient (Wildman–Crippen LogP) is 3.98. The van der Waals surface area contributed by atoms with Gasteiger partial charge in [0.1, 0.15) is 5.78 Å². The topological polar surface area (TPSA) is 26.3 Å². The van der Waals surface area contributed by atoms with E-state index in [1.54, 1.807) is 0 Å². The third kappa shape index (κ3) is 1.98. The molecule has 2 heteroatoms. The molecule has 0 amide bonds. The molecule has 0 radical (unpaired) electrons. The second-order valence-electron chi connectivity index (χ2n) is 7.81. The largest absolute Gasteiger partial charge is 0.378 e. The van der Waals surface area contributed by atoms with Gasteiger partial charge in [-0.25, -0.2) is 0 Å². The number of carbonyl (C=O) groups is 1. The molecule has 0 heterocycles. The van der Waals surface area contributed by atoms with Crippen LogP contribution in [0, 0.1) is 22.7 Å². The first kappa shape index (κ1) is 13.6. The zero-order valence-corrected chi connectivity index (χ0v) is 12.7. The summed E-state index contributed by atoms with van der Waals surface area (Å²) in [6.45, 7) is 8.06. The van der Waals surface area contributed by atoms with Crippen molar-refractivity contribution in [2.45, 2.75) is 71.8 Å². The molecule has 19 heavy (non-hydrogen) atoms. The first-order chi connectivity index (χ1) is 8.95. The molecule has 4 unspecified atom stereocenters. The van der Waals surface area contributed by atoms with Gasteiger partial charge in [-0.3, -0.25) is 4.79 Å². The minimum atomic E-state index is 0.305. The molecule has 3 aliphatic rings. The molecule has 2 nitrogen and oxygen atoms in total. The fourth-order valence-electron chi connectivity index (χ4n) is 4.93. The van der Waals surface area contributed by atoms with Crippen molar-refractivity contribution in [3.63, 3.8) is 0 Å². The number of ether oxygens (including phenoxy) is 1. The summed E-state index contributed by atoms with van der Waals surface area (Å²) in [5, 5.41) is 0. The molecule has 3 fully saturated rings. The number of rotatable bonds is 4. The molecule has 2 bridgehead atoms. The number of Topliss-reactive ketones (excluding diaryl/α,β-unsaturated/α-hetero) is 1. The Labute approximate surface area is 117 Å². The molecule has 4 atom stereocenters. The fraction of sp³-hybridized carbons (Fsp3) is 0.941. The average molecular weight is 264 g/mol. The summed E-state index contributed by atoms with van der Waals surface area (Å²) in [7, 11) is 0. The summed E-state index contributed by atoms with van der Waals surface area (Å²) in [6.07, 6.45) is 8.32. The molecule has 0 aromatic heterocycles. The average Bonchev–Trinajstić information content (AvgIpc) is 2.91. The minimum absolute atomic E-state index is 0.305. The molecule has 3 aliphatic carbocycles. The molecular formula is C17H28O2. The van der Waals surface area contributed by atoms with E-state index in [0.29, 0.717) is 28.6 Å². The van der Waals surface area contributed by atoms with Gasteiger partial charge in [-0.1, -0.05) is 20.8 Å². The maximum atomic E-state index is 11.6. The van der Waals surface area contributed by atoms with Gasteiger partial charge in [-0.2, -0.15) is 0 Å². The van der Waals surface area contributed by atoms with E-state index in [1.165, 1.54) is 19.3 Å². The summed E-state index contributed by atoms with van der Waals surface area (Å²) in [5.74, 6) is 1.62. The van der Waals surface area contributed by atoms with Gasteiger partial charge in [0.25, 0.3) is 0 Å². The Morgan fingerprint density at radius 1 is 1.26 bits per heavy atom. The lowest BCUT2D eigenvalue weighted by molar-refractivity contribution is -0.121. The Hall–Kier alpha value is -0.370. The summed E-state index contributed by atoms with van der Waals surface area (Å²) in [4.78, 5) is 11.6. The van der Waals surface area contributed by atoms with Crippen LogP contribution in [0.1, 0.15) is 65.7 Å². The van der Waals surface area contributed by atoms with Gasteiger partial charge in [0.2, 0.25) is 0 Å². The van der Waals surface area contributed by atoms with E-state index < -0.39 is 0 Å². The van der Waals surface area contributed by atoms with Gasteiger partial charge in [-0.15, -0.1) is 0 Å². The Balaban J connectivity index is 1.53. The molecule has 3 saturated carbocycles. The van der Waals surface area contributed by atoms with Crippen LogP contribution in [0.15, 0.2) is 0 Å². The summed E-state index contributed by atoms with van der Waals surface area (Å²) in [5.41, 5.74) is 0.790. The van der Waals surface area contributed by atoms with E-state index in [9.17, 15) is 4.79 Å². The highest BCUT2D eigenvalue weighted by molar-refractivity contribution is 5.82. The van der Waals surface area contributed by atoms with E-state index in [1.807, 2.05) is 0 Å². The lowest BCUT2D eigenvalue weighted by Crippen LogP contribution is -2.37. The maximum absolute atomic E-state index is 11.6. The van der Waals surface area contributed by atoms with Gasteiger partial charge in [0, 0.05) is 18.9 Å². The quantitative estimate of drug-likeness (QED) is 0.768. The van der Waals surface area contributed by atoms with Gasteiger partial charge >= 0.3 is 0 Å². The highest BCUT2D eigenvalue weighted by Crippen LogP contribution is 2.66. The third-order valence-electron chi connectivity index (χ3n) is 6.93. The van der Waals surface area contributed by atoms with Crippen LogP contribution in [-0.4, -0.2) is 18.5 Å². The molecule has 0 spiro atoms. The zero-order valence-electron chi connectivity index (χ0n) is 12.7. The molecule has 3 rings (SSSR count). The normalized spacial score (nSPS) is 44.2. The van der Waals surface area contributed by atoms with Crippen LogP contribution in [0.3, 0.4) is 0 Å². The van der Waals surface area contributed by atoms with E-state index in [2.05, 4.69) is 20.8 Å². The van der Waals surface area contributed by atoms with Crippen molar-refractivity contribution in [1.82, 2.24) is 0 Å². The molecule has 0 saturated heterocycles. The standard InChI is InChI=1S/C17H28O2/c1-16(2)13-7-9-17(16,3)15(11-13)19-10-8-12-5-4-6-14(12)18/h12-13,15H,4-11H2,1-3H3. The highest BCUT2D eigenvalue weighted by Gasteiger charge is 2.61. The first-order valence-electron chi connectivity index (χ1n) is 8.09. The molecule has 108 valence electrons. The number of fused-ring (bicyclic) bond motifs is 2. The highest BCUT2D eigenvalue weighted by atomic mass is 16.5. The summed E-state index contributed by atoms with van der Waals surface area (Å²) in [6, 6.07) is 0. The van der Waals surface area contributed by atoms with Crippen molar-refractivity contribution in [2.24, 2.45) is 22.7 Å². The van der Waals surface area contributed by atoms with Crippen LogP contribution in [0.25, 0.3) is 0 Å². The fourth-order valence-corrected chi connectivity index (χ4v) is 4.93. The van der Waals surface area contributed by atoms with Crippen LogP contribution in [0.4, 0.5) is 0 Å². The monoisotopic (exact) mass is 264 g/mol. The second kappa shape index (κ2) is 4.58. The van der Waals surface area contributed by atoms with Crippen LogP contribution < -0.4 is 0 Å². The molecule has 0 aliphatic heterocycles. The predicted molar refractivity (Wildman–Crippen MR) is 75.9 cm³/mol. The lowest BCUT2D eigenvalue weighted by atomic mass is 9.70. The third-order valence-corrected chi connectivity index (χ3v) is 6.93. The maximum Gasteiger partial charge on any atom is 0.136 e. The van der Waals surface area contributed by atoms with Crippen molar-refractivity contribution < 1.29 is 9.53 Å². The molecule has 0 aromatic rings. The van der Waals surface area contributed by atoms with Crippen molar-refractivity contribution >= 4 is 5.78 Å². The lowest BCUT2D eigenvalue weighted by Gasteiger charge is -2.39. The molecule has 0 aromatic carbocycles. The van der Waals surface area contributed by atoms with E-state index >= 15 is 0 Å². The van der Waals surface area contributed by atoms with Crippen molar-refractivity contribution in [1.29, 1.82) is 0 Å². The number of hydrogen-bond acceptors (Lipinski definition) is 2. The Morgan fingerprint density at radius 3 is 2.58 bits per heavy atom. The first-order valence-corrected chi connectivity index (χ1v) is 8.09. The Kier molecular flexibility index (Phi) is 3.28. The minimum Gasteiger partial charge on any atom is -0.378 e. The van der Waals surface area contributed by atoms with Crippen LogP contribution in [0.5, 0.6) is 0 Å². The van der Waals surface area contributed by atoms with E-state index in [4.69, 9.17) is 4.74 Å². The van der Waals surface area contributed by atoms with Crippen molar-refractivity contribution in [2.75, 3.05) is 6.61 Å². The Morgan fingerprint density at radius 2 is 2.05 bits per heavy atom. The van der Waals surface area contributed by atoms with Crippen molar-refractivity contribution in [3.8, 4) is 0 Å². The van der Waals surface area contributed by atoms with Gasteiger partial charge in [0.05, 0.1) is 6.10 Å². The second-order valence-corrected chi connectivity index (χ2v) is 7.81. The van der Waals surface area contributed by atoms with E-state index in [-0.39, 0.29) is 0 Å². The van der Waals surface area contributed by atoms with Crippen LogP contribution in [0.2, 0.25) is 0 Å². The molecule has 0 N–H and O–H groups in total. The zero-order chi connectivity index (χ0) is 13.7. The summed E-state index contributed by atoms with van der Waals surface area (Å²) < 4.78 is 6.23. The van der Waals surface area contributed by atoms with Crippen LogP contribution >= 0.6 is 0 Å². The SMILES string of the molecule is CC1(C)C2CCC1(C)C(OCCC1CCCC1=O)C2. The molecular weight excluding hydrogens is 236 g/mol. The van der Waals surface area contributed by atoms with Gasteiger partial charge in [0.15, 0.2) is 0 Å². The van der Waals surface area contributed by atoms with Gasteiger partial charge < -0.3 is 4.74 Å². The Bertz CT molecular complexity index is 373.